The number of benzene rings is 3. The van der Waals surface area contributed by atoms with E-state index in [0.29, 0.717) is 6.04 Å². The van der Waals surface area contributed by atoms with Crippen LogP contribution in [0.25, 0.3) is 0 Å². The Labute approximate surface area is 156 Å². The lowest BCUT2D eigenvalue weighted by molar-refractivity contribution is 0.317. The molecule has 1 aliphatic rings. The van der Waals surface area contributed by atoms with Gasteiger partial charge in [0, 0.05) is 25.7 Å². The minimum Gasteiger partial charge on any atom is -0.302 e. The molecule has 0 spiro atoms. The normalized spacial score (nSPS) is 17.7. The van der Waals surface area contributed by atoms with Gasteiger partial charge in [-0.05, 0) is 23.1 Å². The zero-order valence-corrected chi connectivity index (χ0v) is 15.1. The zero-order valence-electron chi connectivity index (χ0n) is 15.1. The van der Waals surface area contributed by atoms with Crippen molar-refractivity contribution in [2.75, 3.05) is 13.1 Å². The Bertz CT molecular complexity index is 747. The fraction of sp³-hybridized carbons (Fsp3) is 0.250. The summed E-state index contributed by atoms with van der Waals surface area (Å²) in [7, 11) is 0. The van der Waals surface area contributed by atoms with Gasteiger partial charge in [-0.15, -0.1) is 0 Å². The molecule has 2 nitrogen and oxygen atoms in total. The SMILES string of the molecule is c1ccc(CN2CC[C@H](NC(c3ccccc3)c3ccccc3)C2)cc1. The molecule has 1 atom stereocenters. The van der Waals surface area contributed by atoms with E-state index in [9.17, 15) is 0 Å². The average Bonchev–Trinajstić information content (AvgIpc) is 3.15. The molecule has 1 saturated heterocycles. The van der Waals surface area contributed by atoms with Crippen molar-refractivity contribution in [1.82, 2.24) is 10.2 Å². The van der Waals surface area contributed by atoms with Crippen molar-refractivity contribution in [2.24, 2.45) is 0 Å². The Hall–Kier alpha value is -2.42. The molecule has 2 heteroatoms. The molecule has 3 aromatic rings. The summed E-state index contributed by atoms with van der Waals surface area (Å²) >= 11 is 0. The van der Waals surface area contributed by atoms with Gasteiger partial charge in [-0.1, -0.05) is 91.0 Å². The maximum Gasteiger partial charge on any atom is 0.0579 e. The number of hydrogen-bond donors (Lipinski definition) is 1. The van der Waals surface area contributed by atoms with Crippen molar-refractivity contribution < 1.29 is 0 Å². The molecule has 0 aliphatic carbocycles. The van der Waals surface area contributed by atoms with Crippen LogP contribution in [0.4, 0.5) is 0 Å². The summed E-state index contributed by atoms with van der Waals surface area (Å²) < 4.78 is 0. The molecule has 1 fully saturated rings. The smallest absolute Gasteiger partial charge is 0.0579 e. The molecular formula is C24H26N2. The van der Waals surface area contributed by atoms with E-state index in [1.165, 1.54) is 23.1 Å². The quantitative estimate of drug-likeness (QED) is 0.702. The third kappa shape index (κ3) is 4.21. The lowest BCUT2D eigenvalue weighted by Crippen LogP contribution is -2.35. The average molecular weight is 342 g/mol. The fourth-order valence-corrected chi connectivity index (χ4v) is 3.87. The summed E-state index contributed by atoms with van der Waals surface area (Å²) in [5.74, 6) is 0. The van der Waals surface area contributed by atoms with E-state index in [4.69, 9.17) is 0 Å². The van der Waals surface area contributed by atoms with Crippen molar-refractivity contribution >= 4 is 0 Å². The van der Waals surface area contributed by atoms with Crippen molar-refractivity contribution in [2.45, 2.75) is 25.0 Å². The molecule has 0 bridgehead atoms. The maximum atomic E-state index is 3.92. The first-order valence-electron chi connectivity index (χ1n) is 9.51. The molecule has 0 unspecified atom stereocenters. The van der Waals surface area contributed by atoms with Gasteiger partial charge in [0.2, 0.25) is 0 Å². The molecule has 0 aromatic heterocycles. The summed E-state index contributed by atoms with van der Waals surface area (Å²) in [4.78, 5) is 2.56. The van der Waals surface area contributed by atoms with E-state index in [1.54, 1.807) is 0 Å². The Balaban J connectivity index is 1.45. The predicted molar refractivity (Wildman–Crippen MR) is 108 cm³/mol. The Morgan fingerprint density at radius 1 is 0.769 bits per heavy atom. The minimum absolute atomic E-state index is 0.249. The van der Waals surface area contributed by atoms with E-state index in [0.717, 1.165) is 19.6 Å². The van der Waals surface area contributed by atoms with Gasteiger partial charge in [0.15, 0.2) is 0 Å². The third-order valence-electron chi connectivity index (χ3n) is 5.19. The second kappa shape index (κ2) is 8.31. The van der Waals surface area contributed by atoms with Crippen molar-refractivity contribution in [3.8, 4) is 0 Å². The largest absolute Gasteiger partial charge is 0.302 e. The van der Waals surface area contributed by atoms with Gasteiger partial charge >= 0.3 is 0 Å². The van der Waals surface area contributed by atoms with Crippen LogP contribution in [0.3, 0.4) is 0 Å². The summed E-state index contributed by atoms with van der Waals surface area (Å²) in [5.41, 5.74) is 4.07. The fourth-order valence-electron chi connectivity index (χ4n) is 3.87. The molecule has 132 valence electrons. The Morgan fingerprint density at radius 2 is 1.31 bits per heavy atom. The number of hydrogen-bond acceptors (Lipinski definition) is 2. The van der Waals surface area contributed by atoms with Crippen LogP contribution in [0.1, 0.15) is 29.2 Å². The van der Waals surface area contributed by atoms with Gasteiger partial charge in [0.1, 0.15) is 0 Å². The number of likely N-dealkylation sites (tertiary alicyclic amines) is 1. The van der Waals surface area contributed by atoms with Crippen LogP contribution in [0.2, 0.25) is 0 Å². The monoisotopic (exact) mass is 342 g/mol. The first-order valence-corrected chi connectivity index (χ1v) is 9.51. The molecule has 1 aliphatic heterocycles. The van der Waals surface area contributed by atoms with E-state index in [-0.39, 0.29) is 6.04 Å². The standard InChI is InChI=1S/C24H26N2/c1-4-10-20(11-5-1)18-26-17-16-23(19-26)25-24(21-12-6-2-7-13-21)22-14-8-3-9-15-22/h1-15,23-25H,16-19H2/t23-/m0/s1. The number of nitrogens with zero attached hydrogens (tertiary/aromatic N) is 1. The minimum atomic E-state index is 0.249. The highest BCUT2D eigenvalue weighted by atomic mass is 15.2. The molecular weight excluding hydrogens is 316 g/mol. The zero-order chi connectivity index (χ0) is 17.6. The molecule has 4 rings (SSSR count). The van der Waals surface area contributed by atoms with E-state index in [2.05, 4.69) is 101 Å². The second-order valence-electron chi connectivity index (χ2n) is 7.13. The summed E-state index contributed by atoms with van der Waals surface area (Å²) in [6.45, 7) is 3.30. The van der Waals surface area contributed by atoms with Gasteiger partial charge < -0.3 is 5.32 Å². The second-order valence-corrected chi connectivity index (χ2v) is 7.13. The molecule has 3 aromatic carbocycles. The van der Waals surface area contributed by atoms with Crippen LogP contribution in [-0.2, 0) is 6.54 Å². The molecule has 1 N–H and O–H groups in total. The summed E-state index contributed by atoms with van der Waals surface area (Å²) in [6.07, 6.45) is 1.20. The van der Waals surface area contributed by atoms with Crippen LogP contribution in [-0.4, -0.2) is 24.0 Å². The number of rotatable bonds is 6. The van der Waals surface area contributed by atoms with Crippen molar-refractivity contribution in [1.29, 1.82) is 0 Å². The van der Waals surface area contributed by atoms with Gasteiger partial charge in [-0.25, -0.2) is 0 Å². The van der Waals surface area contributed by atoms with E-state index in [1.807, 2.05) is 0 Å². The summed E-state index contributed by atoms with van der Waals surface area (Å²) in [5, 5.41) is 3.92. The molecule has 26 heavy (non-hydrogen) atoms. The lowest BCUT2D eigenvalue weighted by Gasteiger charge is -2.24. The van der Waals surface area contributed by atoms with E-state index < -0.39 is 0 Å². The van der Waals surface area contributed by atoms with Gasteiger partial charge in [0.25, 0.3) is 0 Å². The topological polar surface area (TPSA) is 15.3 Å². The van der Waals surface area contributed by atoms with E-state index >= 15 is 0 Å². The van der Waals surface area contributed by atoms with Crippen molar-refractivity contribution in [3.63, 3.8) is 0 Å². The highest BCUT2D eigenvalue weighted by molar-refractivity contribution is 5.31. The first-order chi connectivity index (χ1) is 12.9. The number of nitrogens with one attached hydrogen (secondary N) is 1. The molecule has 1 heterocycles. The van der Waals surface area contributed by atoms with Crippen LogP contribution >= 0.6 is 0 Å². The van der Waals surface area contributed by atoms with Crippen molar-refractivity contribution in [3.05, 3.63) is 108 Å². The molecule has 0 amide bonds. The van der Waals surface area contributed by atoms with Crippen LogP contribution < -0.4 is 5.32 Å². The van der Waals surface area contributed by atoms with Gasteiger partial charge in [-0.3, -0.25) is 4.90 Å². The highest BCUT2D eigenvalue weighted by Gasteiger charge is 2.25. The summed E-state index contributed by atoms with van der Waals surface area (Å²) in [6, 6.07) is 33.1. The van der Waals surface area contributed by atoms with Gasteiger partial charge in [0.05, 0.1) is 6.04 Å². The third-order valence-corrected chi connectivity index (χ3v) is 5.19. The highest BCUT2D eigenvalue weighted by Crippen LogP contribution is 2.24. The first kappa shape index (κ1) is 17.0. The van der Waals surface area contributed by atoms with Crippen LogP contribution in [0.15, 0.2) is 91.0 Å². The van der Waals surface area contributed by atoms with Gasteiger partial charge in [-0.2, -0.15) is 0 Å². The van der Waals surface area contributed by atoms with Crippen LogP contribution in [0.5, 0.6) is 0 Å². The predicted octanol–water partition coefficient (Wildman–Crippen LogP) is 4.64. The van der Waals surface area contributed by atoms with Crippen LogP contribution in [0, 0.1) is 0 Å². The lowest BCUT2D eigenvalue weighted by atomic mass is 9.97. The Kier molecular flexibility index (Phi) is 5.44. The Morgan fingerprint density at radius 3 is 1.88 bits per heavy atom. The maximum absolute atomic E-state index is 3.92. The molecule has 0 radical (unpaired) electrons. The molecule has 0 saturated carbocycles.